The number of alkyl halides is 2. The van der Waals surface area contributed by atoms with Crippen LogP contribution in [0.2, 0.25) is 0 Å². The van der Waals surface area contributed by atoms with E-state index >= 15 is 0 Å². The number of benzene rings is 2. The molecule has 0 amide bonds. The number of ether oxygens (including phenoxy) is 2. The molecule has 0 spiro atoms. The second-order valence-electron chi connectivity index (χ2n) is 7.86. The highest BCUT2D eigenvalue weighted by Gasteiger charge is 2.44. The monoisotopic (exact) mass is 492 g/mol. The van der Waals surface area contributed by atoms with Crippen LogP contribution >= 0.6 is 0 Å². The molecule has 0 saturated heterocycles. The molecule has 0 aliphatic heterocycles. The predicted octanol–water partition coefficient (Wildman–Crippen LogP) is 8.38. The van der Waals surface area contributed by atoms with Gasteiger partial charge in [-0.1, -0.05) is 12.2 Å². The van der Waals surface area contributed by atoms with E-state index in [0.717, 1.165) is 0 Å². The van der Waals surface area contributed by atoms with Gasteiger partial charge in [0.2, 0.25) is 0 Å². The maximum atomic E-state index is 14.6. The second kappa shape index (κ2) is 10.5. The lowest BCUT2D eigenvalue weighted by Gasteiger charge is -2.32. The first kappa shape index (κ1) is 25.6. The predicted molar refractivity (Wildman–Crippen MR) is 108 cm³/mol. The van der Waals surface area contributed by atoms with Crippen molar-refractivity contribution in [1.29, 1.82) is 0 Å². The quantitative estimate of drug-likeness (QED) is 0.220. The molecule has 2 aromatic carbocycles. The maximum Gasteiger partial charge on any atom is 0.400 e. The Kier molecular flexibility index (Phi) is 7.89. The van der Waals surface area contributed by atoms with Crippen LogP contribution in [-0.4, -0.2) is 6.11 Å². The first-order chi connectivity index (χ1) is 16.0. The Morgan fingerprint density at radius 3 is 1.94 bits per heavy atom. The van der Waals surface area contributed by atoms with E-state index in [0.29, 0.717) is 37.1 Å². The minimum absolute atomic E-state index is 0.166. The van der Waals surface area contributed by atoms with Crippen molar-refractivity contribution < 1.29 is 44.6 Å². The molecule has 2 nitrogen and oxygen atoms in total. The molecule has 0 atom stereocenters. The molecule has 0 aromatic heterocycles. The Morgan fingerprint density at radius 2 is 1.44 bits per heavy atom. The minimum atomic E-state index is -3.68. The van der Waals surface area contributed by atoms with Gasteiger partial charge in [0.1, 0.15) is 17.4 Å². The number of hydrogen-bond donors (Lipinski definition) is 0. The molecular formula is C24H20F8O2. The van der Waals surface area contributed by atoms with Crippen LogP contribution in [0.15, 0.2) is 48.8 Å². The lowest BCUT2D eigenvalue weighted by molar-refractivity contribution is -0.223. The van der Waals surface area contributed by atoms with Crippen LogP contribution in [0, 0.1) is 35.1 Å². The molecule has 1 saturated carbocycles. The molecular weight excluding hydrogens is 472 g/mol. The first-order valence-corrected chi connectivity index (χ1v) is 10.4. The van der Waals surface area contributed by atoms with Crippen molar-refractivity contribution in [2.24, 2.45) is 11.8 Å². The highest BCUT2D eigenvalue weighted by atomic mass is 19.3. The summed E-state index contributed by atoms with van der Waals surface area (Å²) in [6, 6.07) is 1.89. The Hall–Kier alpha value is -3.04. The summed E-state index contributed by atoms with van der Waals surface area (Å²) in [6.07, 6.45) is -1.07. The van der Waals surface area contributed by atoms with Crippen LogP contribution in [0.25, 0.3) is 11.1 Å². The van der Waals surface area contributed by atoms with Gasteiger partial charge in [-0.05, 0) is 56.2 Å². The topological polar surface area (TPSA) is 18.5 Å². The van der Waals surface area contributed by atoms with Gasteiger partial charge in [0.25, 0.3) is 0 Å². The zero-order valence-electron chi connectivity index (χ0n) is 17.9. The molecule has 1 fully saturated rings. The van der Waals surface area contributed by atoms with E-state index in [-0.39, 0.29) is 25.0 Å². The molecule has 2 aromatic rings. The second-order valence-corrected chi connectivity index (χ2v) is 7.86. The molecule has 10 heteroatoms. The standard InChI is InChI=1S/C24H20F8O2/c1-2-3-13-4-6-15(7-5-13)24(31,32)34-16-10-17(25)22(18(26)11-16)14-8-19(27)23(20(28)9-14)33-12-21(29)30/h2-3,8-13,15H,4-7H2,1H3/b3-2+. The lowest BCUT2D eigenvalue weighted by Crippen LogP contribution is -2.37. The lowest BCUT2D eigenvalue weighted by atomic mass is 9.81. The Bertz CT molecular complexity index is 1040. The van der Waals surface area contributed by atoms with Gasteiger partial charge in [-0.15, -0.1) is 0 Å². The summed E-state index contributed by atoms with van der Waals surface area (Å²) in [5, 5.41) is 0. The molecule has 0 unspecified atom stereocenters. The van der Waals surface area contributed by atoms with E-state index in [1.807, 2.05) is 19.1 Å². The van der Waals surface area contributed by atoms with E-state index < -0.39 is 64.0 Å². The average Bonchev–Trinajstić information content (AvgIpc) is 2.73. The minimum Gasteiger partial charge on any atom is -0.453 e. The fraction of sp³-hybridized carbons (Fsp3) is 0.333. The fourth-order valence-electron chi connectivity index (χ4n) is 3.97. The highest BCUT2D eigenvalue weighted by Crippen LogP contribution is 2.41. The number of allylic oxidation sites excluding steroid dienone is 2. The molecule has 3 rings (SSSR count). The van der Waals surface area contributed by atoms with E-state index in [2.05, 4.69) is 9.47 Å². The molecule has 34 heavy (non-hydrogen) atoms. The van der Waals surface area contributed by atoms with Gasteiger partial charge in [0.15, 0.2) is 23.6 Å². The van der Waals surface area contributed by atoms with Gasteiger partial charge >= 0.3 is 12.2 Å². The largest absolute Gasteiger partial charge is 0.453 e. The highest BCUT2D eigenvalue weighted by molar-refractivity contribution is 5.67. The van der Waals surface area contributed by atoms with Crippen molar-refractivity contribution in [2.45, 2.75) is 38.7 Å². The number of halogens is 8. The fourth-order valence-corrected chi connectivity index (χ4v) is 3.97. The molecule has 1 aliphatic carbocycles. The van der Waals surface area contributed by atoms with Crippen LogP contribution in [0.5, 0.6) is 11.5 Å². The van der Waals surface area contributed by atoms with Crippen LogP contribution in [-0.2, 0) is 0 Å². The van der Waals surface area contributed by atoms with Crippen molar-refractivity contribution in [3.8, 4) is 22.6 Å². The summed E-state index contributed by atoms with van der Waals surface area (Å²) < 4.78 is 120. The Labute approximate surface area is 190 Å². The Morgan fingerprint density at radius 1 is 0.882 bits per heavy atom. The number of rotatable bonds is 7. The van der Waals surface area contributed by atoms with Gasteiger partial charge in [-0.25, -0.2) is 17.6 Å². The first-order valence-electron chi connectivity index (χ1n) is 10.4. The molecule has 0 bridgehead atoms. The van der Waals surface area contributed by atoms with Crippen molar-refractivity contribution in [3.05, 3.63) is 72.0 Å². The zero-order chi connectivity index (χ0) is 25.0. The van der Waals surface area contributed by atoms with E-state index in [4.69, 9.17) is 0 Å². The molecule has 0 radical (unpaired) electrons. The van der Waals surface area contributed by atoms with Crippen LogP contribution in [0.3, 0.4) is 0 Å². The van der Waals surface area contributed by atoms with Gasteiger partial charge in [0.05, 0.1) is 11.5 Å². The van der Waals surface area contributed by atoms with Gasteiger partial charge in [-0.3, -0.25) is 0 Å². The van der Waals surface area contributed by atoms with Crippen LogP contribution < -0.4 is 9.47 Å². The summed E-state index contributed by atoms with van der Waals surface area (Å²) >= 11 is 0. The maximum absolute atomic E-state index is 14.6. The molecule has 0 heterocycles. The SMILES string of the molecule is C/C=C/C1CCC(C(F)(F)Oc2cc(F)c(-c3cc(F)c(OC=C(F)F)c(F)c3)c(F)c2)CC1. The normalized spacial score (nSPS) is 18.7. The van der Waals surface area contributed by atoms with Crippen LogP contribution in [0.1, 0.15) is 32.6 Å². The third-order valence-electron chi connectivity index (χ3n) is 5.53. The summed E-state index contributed by atoms with van der Waals surface area (Å²) in [6.45, 7) is 1.84. The van der Waals surface area contributed by atoms with Gasteiger partial charge in [0, 0.05) is 12.1 Å². The average molecular weight is 492 g/mol. The molecule has 1 aliphatic rings. The molecule has 184 valence electrons. The number of hydrogen-bond acceptors (Lipinski definition) is 2. The smallest absolute Gasteiger partial charge is 0.400 e. The van der Waals surface area contributed by atoms with E-state index in [1.54, 1.807) is 0 Å². The third kappa shape index (κ3) is 5.90. The van der Waals surface area contributed by atoms with Gasteiger partial charge in [-0.2, -0.15) is 17.6 Å². The summed E-state index contributed by atoms with van der Waals surface area (Å²) in [5.41, 5.74) is -1.55. The summed E-state index contributed by atoms with van der Waals surface area (Å²) in [4.78, 5) is 0. The van der Waals surface area contributed by atoms with E-state index in [1.165, 1.54) is 0 Å². The van der Waals surface area contributed by atoms with Crippen molar-refractivity contribution in [3.63, 3.8) is 0 Å². The zero-order valence-corrected chi connectivity index (χ0v) is 17.9. The third-order valence-corrected chi connectivity index (χ3v) is 5.53. The Balaban J connectivity index is 1.82. The summed E-state index contributed by atoms with van der Waals surface area (Å²) in [7, 11) is 0. The molecule has 0 N–H and O–H groups in total. The van der Waals surface area contributed by atoms with Gasteiger partial charge < -0.3 is 9.47 Å². The summed E-state index contributed by atoms with van der Waals surface area (Å²) in [5.74, 6) is -8.78. The van der Waals surface area contributed by atoms with E-state index in [9.17, 15) is 35.1 Å². The van der Waals surface area contributed by atoms with Crippen molar-refractivity contribution in [1.82, 2.24) is 0 Å². The van der Waals surface area contributed by atoms with Crippen molar-refractivity contribution in [2.75, 3.05) is 0 Å². The van der Waals surface area contributed by atoms with Crippen LogP contribution in [0.4, 0.5) is 35.1 Å². The van der Waals surface area contributed by atoms with Crippen molar-refractivity contribution >= 4 is 0 Å².